The van der Waals surface area contributed by atoms with Crippen molar-refractivity contribution in [3.05, 3.63) is 23.0 Å². The number of aromatic nitrogens is 1. The molecular formula is C13H17F3N2O3. The zero-order valence-electron chi connectivity index (χ0n) is 11.9. The van der Waals surface area contributed by atoms with Crippen LogP contribution in [0.2, 0.25) is 0 Å². The third-order valence-electron chi connectivity index (χ3n) is 3.17. The van der Waals surface area contributed by atoms with E-state index < -0.39 is 30.5 Å². The van der Waals surface area contributed by atoms with Gasteiger partial charge in [-0.25, -0.2) is 4.79 Å². The van der Waals surface area contributed by atoms with Crippen molar-refractivity contribution >= 4 is 11.9 Å². The summed E-state index contributed by atoms with van der Waals surface area (Å²) in [5.41, 5.74) is 1.55. The molecule has 0 saturated carbocycles. The van der Waals surface area contributed by atoms with Crippen LogP contribution in [-0.4, -0.2) is 33.8 Å². The van der Waals surface area contributed by atoms with Gasteiger partial charge in [0.25, 0.3) is 5.91 Å². The summed E-state index contributed by atoms with van der Waals surface area (Å²) in [6, 6.07) is -0.470. The molecule has 0 radical (unpaired) electrons. The van der Waals surface area contributed by atoms with Gasteiger partial charge in [-0.1, -0.05) is 0 Å². The lowest BCUT2D eigenvalue weighted by Crippen LogP contribution is -2.43. The lowest BCUT2D eigenvalue weighted by Gasteiger charge is -2.16. The van der Waals surface area contributed by atoms with Gasteiger partial charge in [0, 0.05) is 17.9 Å². The molecule has 0 aliphatic heterocycles. The monoisotopic (exact) mass is 306 g/mol. The fourth-order valence-electron chi connectivity index (χ4n) is 2.19. The summed E-state index contributed by atoms with van der Waals surface area (Å²) in [7, 11) is 0. The first kappa shape index (κ1) is 17.1. The van der Waals surface area contributed by atoms with Crippen molar-refractivity contribution in [1.82, 2.24) is 9.88 Å². The molecule has 8 heteroatoms. The number of amides is 1. The number of carboxylic acid groups (broad SMARTS) is 1. The molecule has 1 heterocycles. The fourth-order valence-corrected chi connectivity index (χ4v) is 2.19. The van der Waals surface area contributed by atoms with Gasteiger partial charge >= 0.3 is 12.1 Å². The minimum Gasteiger partial charge on any atom is -0.480 e. The van der Waals surface area contributed by atoms with Crippen LogP contribution in [0, 0.1) is 13.8 Å². The zero-order valence-corrected chi connectivity index (χ0v) is 11.9. The van der Waals surface area contributed by atoms with Gasteiger partial charge in [-0.15, -0.1) is 0 Å². The van der Waals surface area contributed by atoms with Gasteiger partial charge in [-0.3, -0.25) is 4.79 Å². The lowest BCUT2D eigenvalue weighted by atomic mass is 10.1. The summed E-state index contributed by atoms with van der Waals surface area (Å²) >= 11 is 0. The molecule has 0 aromatic carbocycles. The van der Waals surface area contributed by atoms with Crippen LogP contribution in [-0.2, 0) is 11.3 Å². The molecule has 0 spiro atoms. The summed E-state index contributed by atoms with van der Waals surface area (Å²) in [5.74, 6) is -2.54. The highest BCUT2D eigenvalue weighted by atomic mass is 19.4. The SMILES string of the molecule is CCn1c(C)cc(C(=O)NC(CC(F)(F)F)C(=O)O)c1C. The van der Waals surface area contributed by atoms with E-state index in [1.54, 1.807) is 13.8 Å². The molecule has 1 aromatic rings. The molecule has 1 aromatic heterocycles. The van der Waals surface area contributed by atoms with Crippen molar-refractivity contribution in [2.24, 2.45) is 0 Å². The number of hydrogen-bond acceptors (Lipinski definition) is 2. The van der Waals surface area contributed by atoms with Crippen LogP contribution in [0.3, 0.4) is 0 Å². The van der Waals surface area contributed by atoms with Gasteiger partial charge in [0.2, 0.25) is 0 Å². The van der Waals surface area contributed by atoms with E-state index in [9.17, 15) is 22.8 Å². The van der Waals surface area contributed by atoms with Crippen LogP contribution in [0.4, 0.5) is 13.2 Å². The van der Waals surface area contributed by atoms with Gasteiger partial charge in [-0.2, -0.15) is 13.2 Å². The van der Waals surface area contributed by atoms with E-state index in [4.69, 9.17) is 5.11 Å². The molecule has 1 amide bonds. The quantitative estimate of drug-likeness (QED) is 0.876. The standard InChI is InChI=1S/C13H17F3N2O3/c1-4-18-7(2)5-9(8(18)3)11(19)17-10(12(20)21)6-13(14,15)16/h5,10H,4,6H2,1-3H3,(H,17,19)(H,20,21). The first-order valence-corrected chi connectivity index (χ1v) is 6.34. The molecule has 1 unspecified atom stereocenters. The molecule has 0 saturated heterocycles. The second kappa shape index (κ2) is 6.19. The molecule has 0 aliphatic carbocycles. The summed E-state index contributed by atoms with van der Waals surface area (Å²) in [4.78, 5) is 22.8. The van der Waals surface area contributed by atoms with E-state index >= 15 is 0 Å². The Morgan fingerprint density at radius 3 is 2.33 bits per heavy atom. The van der Waals surface area contributed by atoms with Crippen molar-refractivity contribution in [2.75, 3.05) is 0 Å². The Balaban J connectivity index is 2.95. The topological polar surface area (TPSA) is 71.3 Å². The van der Waals surface area contributed by atoms with Crippen LogP contribution in [0.25, 0.3) is 0 Å². The van der Waals surface area contributed by atoms with Crippen molar-refractivity contribution in [2.45, 2.75) is 46.0 Å². The second-order valence-corrected chi connectivity index (χ2v) is 4.71. The Kier molecular flexibility index (Phi) is 5.03. The summed E-state index contributed by atoms with van der Waals surface area (Å²) in [5, 5.41) is 10.7. The predicted octanol–water partition coefficient (Wildman–Crippen LogP) is 2.26. The molecule has 0 fully saturated rings. The average molecular weight is 306 g/mol. The highest BCUT2D eigenvalue weighted by Crippen LogP contribution is 2.22. The molecule has 1 atom stereocenters. The van der Waals surface area contributed by atoms with Gasteiger partial charge in [0.15, 0.2) is 0 Å². The summed E-state index contributed by atoms with van der Waals surface area (Å²) in [6.45, 7) is 5.89. The van der Waals surface area contributed by atoms with E-state index in [1.165, 1.54) is 6.07 Å². The van der Waals surface area contributed by atoms with Gasteiger partial charge in [-0.05, 0) is 26.8 Å². The summed E-state index contributed by atoms with van der Waals surface area (Å²) < 4.78 is 38.7. The van der Waals surface area contributed by atoms with Gasteiger partial charge in [0.1, 0.15) is 6.04 Å². The van der Waals surface area contributed by atoms with Gasteiger partial charge in [0.05, 0.1) is 12.0 Å². The number of aliphatic carboxylic acids is 1. The number of alkyl halides is 3. The van der Waals surface area contributed by atoms with Crippen molar-refractivity contribution in [3.8, 4) is 0 Å². The van der Waals surface area contributed by atoms with E-state index in [0.29, 0.717) is 12.2 Å². The normalized spacial score (nSPS) is 13.0. The third kappa shape index (κ3) is 4.24. The largest absolute Gasteiger partial charge is 0.480 e. The van der Waals surface area contributed by atoms with E-state index in [-0.39, 0.29) is 5.56 Å². The lowest BCUT2D eigenvalue weighted by molar-refractivity contribution is -0.157. The number of carbonyl (C=O) groups excluding carboxylic acids is 1. The van der Waals surface area contributed by atoms with Crippen LogP contribution < -0.4 is 5.32 Å². The van der Waals surface area contributed by atoms with Crippen molar-refractivity contribution in [1.29, 1.82) is 0 Å². The first-order chi connectivity index (χ1) is 9.56. The second-order valence-electron chi connectivity index (χ2n) is 4.71. The molecule has 0 aliphatic rings. The molecule has 0 bridgehead atoms. The van der Waals surface area contributed by atoms with Crippen LogP contribution >= 0.6 is 0 Å². The smallest absolute Gasteiger partial charge is 0.391 e. The number of carboxylic acids is 1. The molecular weight excluding hydrogens is 289 g/mol. The molecule has 21 heavy (non-hydrogen) atoms. The maximum atomic E-state index is 12.3. The predicted molar refractivity (Wildman–Crippen MR) is 69.1 cm³/mol. The molecule has 1 rings (SSSR count). The summed E-state index contributed by atoms with van der Waals surface area (Å²) in [6.07, 6.45) is -6.28. The Morgan fingerprint density at radius 1 is 1.38 bits per heavy atom. The number of aryl methyl sites for hydroxylation is 1. The highest BCUT2D eigenvalue weighted by molar-refractivity contribution is 5.97. The van der Waals surface area contributed by atoms with E-state index in [2.05, 4.69) is 0 Å². The number of hydrogen-bond donors (Lipinski definition) is 2. The Labute approximate surface area is 119 Å². The van der Waals surface area contributed by atoms with E-state index in [1.807, 2.05) is 16.8 Å². The number of carbonyl (C=O) groups is 2. The van der Waals surface area contributed by atoms with Crippen molar-refractivity contribution in [3.63, 3.8) is 0 Å². The molecule has 2 N–H and O–H groups in total. The molecule has 5 nitrogen and oxygen atoms in total. The van der Waals surface area contributed by atoms with Crippen molar-refractivity contribution < 1.29 is 27.9 Å². The average Bonchev–Trinajstić information content (AvgIpc) is 2.61. The van der Waals surface area contributed by atoms with Crippen LogP contribution in [0.1, 0.15) is 35.1 Å². The maximum absolute atomic E-state index is 12.3. The minimum atomic E-state index is -4.67. The highest BCUT2D eigenvalue weighted by Gasteiger charge is 2.36. The first-order valence-electron chi connectivity index (χ1n) is 6.34. The Morgan fingerprint density at radius 2 is 1.95 bits per heavy atom. The fraction of sp³-hybridized carbons (Fsp3) is 0.538. The Bertz CT molecular complexity index is 550. The molecule has 118 valence electrons. The van der Waals surface area contributed by atoms with Gasteiger partial charge < -0.3 is 15.0 Å². The third-order valence-corrected chi connectivity index (χ3v) is 3.17. The maximum Gasteiger partial charge on any atom is 0.391 e. The number of nitrogens with zero attached hydrogens (tertiary/aromatic N) is 1. The number of halogens is 3. The number of rotatable bonds is 5. The van der Waals surface area contributed by atoms with Crippen LogP contribution in [0.15, 0.2) is 6.07 Å². The zero-order chi connectivity index (χ0) is 16.4. The van der Waals surface area contributed by atoms with Crippen LogP contribution in [0.5, 0.6) is 0 Å². The minimum absolute atomic E-state index is 0.183. The number of nitrogens with one attached hydrogen (secondary N) is 1. The Hall–Kier alpha value is -1.99. The van der Waals surface area contributed by atoms with E-state index in [0.717, 1.165) is 5.69 Å².